The van der Waals surface area contributed by atoms with Crippen molar-refractivity contribution in [3.8, 4) is 0 Å². The van der Waals surface area contributed by atoms with Gasteiger partial charge in [0, 0.05) is 0 Å². The maximum Gasteiger partial charge on any atom is -0.00641 e. The van der Waals surface area contributed by atoms with Crippen LogP contribution >= 0.6 is 0 Å². The summed E-state index contributed by atoms with van der Waals surface area (Å²) in [5, 5.41) is 0. The monoisotopic (exact) mass is 300 g/mol. The first-order chi connectivity index (χ1) is 11.4. The van der Waals surface area contributed by atoms with Gasteiger partial charge in [-0.05, 0) is 55.1 Å². The van der Waals surface area contributed by atoms with E-state index in [-0.39, 0.29) is 0 Å². The van der Waals surface area contributed by atoms with Gasteiger partial charge in [-0.1, -0.05) is 84.0 Å². The lowest BCUT2D eigenvalue weighted by Crippen LogP contribution is -2.01. The van der Waals surface area contributed by atoms with Crippen molar-refractivity contribution in [1.29, 1.82) is 0 Å². The molecule has 0 fully saturated rings. The fraction of sp³-hybridized carbons (Fsp3) is 0.304. The van der Waals surface area contributed by atoms with Crippen LogP contribution in [0.3, 0.4) is 0 Å². The van der Waals surface area contributed by atoms with Crippen LogP contribution in [-0.2, 0) is 12.8 Å². The second kappa shape index (κ2) is 6.58. The summed E-state index contributed by atoms with van der Waals surface area (Å²) in [6.07, 6.45) is 11.2. The fourth-order valence-electron chi connectivity index (χ4n) is 4.18. The molecule has 0 unspecified atom stereocenters. The molecule has 2 aromatic carbocycles. The zero-order valence-corrected chi connectivity index (χ0v) is 13.6. The summed E-state index contributed by atoms with van der Waals surface area (Å²) in [6.45, 7) is 0. The molecule has 0 aliphatic heterocycles. The van der Waals surface area contributed by atoms with Gasteiger partial charge in [-0.3, -0.25) is 0 Å². The van der Waals surface area contributed by atoms with Crippen molar-refractivity contribution in [3.63, 3.8) is 0 Å². The quantitative estimate of drug-likeness (QED) is 0.630. The molecule has 0 amide bonds. The maximum absolute atomic E-state index is 2.59. The van der Waals surface area contributed by atoms with Crippen LogP contribution in [0.4, 0.5) is 0 Å². The fourth-order valence-corrected chi connectivity index (χ4v) is 4.18. The van der Waals surface area contributed by atoms with Gasteiger partial charge in [0.25, 0.3) is 0 Å². The zero-order chi connectivity index (χ0) is 15.5. The minimum Gasteiger partial charge on any atom is -0.0844 e. The van der Waals surface area contributed by atoms with Gasteiger partial charge in [0.1, 0.15) is 0 Å². The van der Waals surface area contributed by atoms with Crippen LogP contribution < -0.4 is 0 Å². The van der Waals surface area contributed by atoms with Gasteiger partial charge < -0.3 is 0 Å². The first-order valence-electron chi connectivity index (χ1n) is 8.83. The third kappa shape index (κ3) is 3.47. The van der Waals surface area contributed by atoms with Crippen LogP contribution in [0.25, 0.3) is 0 Å². The molecule has 0 heteroatoms. The number of benzene rings is 2. The normalized spacial score (nSPS) is 23.1. The number of fused-ring (bicyclic) bond motifs is 2. The third-order valence-electron chi connectivity index (χ3n) is 5.30. The molecule has 0 aromatic heterocycles. The first-order valence-corrected chi connectivity index (χ1v) is 8.83. The smallest absolute Gasteiger partial charge is 0.00641 e. The lowest BCUT2D eigenvalue weighted by Gasteiger charge is -2.13. The van der Waals surface area contributed by atoms with E-state index in [1.165, 1.54) is 30.4 Å². The van der Waals surface area contributed by atoms with Crippen molar-refractivity contribution in [2.45, 2.75) is 32.1 Å². The van der Waals surface area contributed by atoms with Gasteiger partial charge in [0.15, 0.2) is 0 Å². The van der Waals surface area contributed by atoms with Crippen LogP contribution in [-0.4, -0.2) is 0 Å². The summed E-state index contributed by atoms with van der Waals surface area (Å²) in [6, 6.07) is 21.8. The molecule has 2 aliphatic carbocycles. The van der Waals surface area contributed by atoms with E-state index in [1.807, 2.05) is 0 Å². The second-order valence-electron chi connectivity index (χ2n) is 7.06. The molecule has 2 bridgehead atoms. The molecule has 2 aromatic rings. The van der Waals surface area contributed by atoms with Crippen LogP contribution in [0.15, 0.2) is 84.0 Å². The van der Waals surface area contributed by atoms with E-state index in [1.54, 1.807) is 11.1 Å². The van der Waals surface area contributed by atoms with Crippen LogP contribution in [0.1, 0.15) is 30.4 Å². The Bertz CT molecular complexity index is 706. The Hall–Kier alpha value is -2.08. The Morgan fingerprint density at radius 3 is 2.13 bits per heavy atom. The minimum absolute atomic E-state index is 0.760. The molecule has 116 valence electrons. The van der Waals surface area contributed by atoms with E-state index in [0.29, 0.717) is 0 Å². The van der Waals surface area contributed by atoms with Gasteiger partial charge >= 0.3 is 0 Å². The summed E-state index contributed by atoms with van der Waals surface area (Å²) in [7, 11) is 0. The molecular formula is C23H24. The minimum atomic E-state index is 0.760. The number of hydrogen-bond acceptors (Lipinski definition) is 0. The number of rotatable bonds is 4. The van der Waals surface area contributed by atoms with E-state index in [4.69, 9.17) is 0 Å². The SMILES string of the molecule is C1=C(Cc2ccccc2)C[C@H]2C=C(Cc3ccccc3)[C@@H](C1)C2. The molecule has 0 radical (unpaired) electrons. The Kier molecular flexibility index (Phi) is 4.15. The number of allylic oxidation sites excluding steroid dienone is 4. The van der Waals surface area contributed by atoms with E-state index < -0.39 is 0 Å². The average Bonchev–Trinajstić information content (AvgIpc) is 2.83. The summed E-state index contributed by atoms with van der Waals surface area (Å²) in [5.41, 5.74) is 6.22. The lowest BCUT2D eigenvalue weighted by atomic mass is 9.92. The van der Waals surface area contributed by atoms with Crippen LogP contribution in [0.5, 0.6) is 0 Å². The highest BCUT2D eigenvalue weighted by molar-refractivity contribution is 5.31. The van der Waals surface area contributed by atoms with Crippen molar-refractivity contribution in [1.82, 2.24) is 0 Å². The Balaban J connectivity index is 1.44. The highest BCUT2D eigenvalue weighted by atomic mass is 14.3. The van der Waals surface area contributed by atoms with Crippen LogP contribution in [0, 0.1) is 11.8 Å². The molecule has 4 rings (SSSR count). The van der Waals surface area contributed by atoms with E-state index in [2.05, 4.69) is 72.8 Å². The summed E-state index contributed by atoms with van der Waals surface area (Å²) >= 11 is 0. The lowest BCUT2D eigenvalue weighted by molar-refractivity contribution is 0.525. The maximum atomic E-state index is 2.59. The van der Waals surface area contributed by atoms with Gasteiger partial charge in [0.2, 0.25) is 0 Å². The first kappa shape index (κ1) is 14.5. The average molecular weight is 300 g/mol. The Labute approximate surface area is 139 Å². The Morgan fingerprint density at radius 2 is 1.43 bits per heavy atom. The zero-order valence-electron chi connectivity index (χ0n) is 13.6. The topological polar surface area (TPSA) is 0 Å². The molecule has 23 heavy (non-hydrogen) atoms. The second-order valence-corrected chi connectivity index (χ2v) is 7.06. The molecule has 0 nitrogen and oxygen atoms in total. The van der Waals surface area contributed by atoms with Gasteiger partial charge in [-0.25, -0.2) is 0 Å². The van der Waals surface area contributed by atoms with Gasteiger partial charge in [-0.15, -0.1) is 0 Å². The van der Waals surface area contributed by atoms with E-state index in [0.717, 1.165) is 24.7 Å². The van der Waals surface area contributed by atoms with E-state index >= 15 is 0 Å². The highest BCUT2D eigenvalue weighted by Gasteiger charge is 2.28. The van der Waals surface area contributed by atoms with Crippen molar-refractivity contribution < 1.29 is 0 Å². The molecule has 0 saturated heterocycles. The largest absolute Gasteiger partial charge is 0.0844 e. The van der Waals surface area contributed by atoms with Crippen molar-refractivity contribution >= 4 is 0 Å². The molecule has 0 heterocycles. The summed E-state index contributed by atoms with van der Waals surface area (Å²) in [4.78, 5) is 0. The highest BCUT2D eigenvalue weighted by Crippen LogP contribution is 2.41. The standard InChI is InChI=1S/C23H24/c1-3-7-18(8-4-1)13-20-11-12-22-16-21(14-20)17-23(22)15-19-9-5-2-6-10-19/h1-11,17,21-22H,12-16H2/t21-,22+/m1/s1. The molecule has 0 N–H and O–H groups in total. The predicted molar refractivity (Wildman–Crippen MR) is 97.3 cm³/mol. The third-order valence-corrected chi connectivity index (χ3v) is 5.30. The van der Waals surface area contributed by atoms with Crippen molar-refractivity contribution in [3.05, 3.63) is 95.1 Å². The van der Waals surface area contributed by atoms with Crippen LogP contribution in [0.2, 0.25) is 0 Å². The molecule has 0 spiro atoms. The molecule has 0 saturated carbocycles. The number of hydrogen-bond donors (Lipinski definition) is 0. The van der Waals surface area contributed by atoms with E-state index in [9.17, 15) is 0 Å². The molecular weight excluding hydrogens is 276 g/mol. The Morgan fingerprint density at radius 1 is 0.783 bits per heavy atom. The van der Waals surface area contributed by atoms with Crippen molar-refractivity contribution in [2.75, 3.05) is 0 Å². The van der Waals surface area contributed by atoms with Gasteiger partial charge in [-0.2, -0.15) is 0 Å². The predicted octanol–water partition coefficient (Wildman–Crippen LogP) is 5.75. The molecule has 2 atom stereocenters. The van der Waals surface area contributed by atoms with Crippen molar-refractivity contribution in [2.24, 2.45) is 11.8 Å². The summed E-state index contributed by atoms with van der Waals surface area (Å²) in [5.74, 6) is 1.53. The molecule has 2 aliphatic rings. The summed E-state index contributed by atoms with van der Waals surface area (Å²) < 4.78 is 0. The van der Waals surface area contributed by atoms with Gasteiger partial charge in [0.05, 0.1) is 0 Å².